The van der Waals surface area contributed by atoms with Crippen molar-refractivity contribution in [2.24, 2.45) is 0 Å². The van der Waals surface area contributed by atoms with E-state index in [0.717, 1.165) is 12.6 Å². The third-order valence-electron chi connectivity index (χ3n) is 1.82. The molecule has 0 saturated carbocycles. The van der Waals surface area contributed by atoms with Crippen molar-refractivity contribution in [3.63, 3.8) is 0 Å². The van der Waals surface area contributed by atoms with Gasteiger partial charge in [-0.15, -0.1) is 0 Å². The van der Waals surface area contributed by atoms with Crippen LogP contribution < -0.4 is 5.43 Å². The van der Waals surface area contributed by atoms with E-state index in [1.807, 2.05) is 13.8 Å². The van der Waals surface area contributed by atoms with Crippen LogP contribution in [0.25, 0.3) is 0 Å². The minimum absolute atomic E-state index is 0.726. The van der Waals surface area contributed by atoms with Crippen molar-refractivity contribution in [1.82, 2.24) is 10.4 Å². The van der Waals surface area contributed by atoms with E-state index in [0.29, 0.717) is 0 Å². The highest BCUT2D eigenvalue weighted by atomic mass is 15.5. The Bertz CT molecular complexity index is 63.7. The lowest BCUT2D eigenvalue weighted by atomic mass is 10.1. The van der Waals surface area contributed by atoms with Crippen molar-refractivity contribution in [3.05, 3.63) is 0 Å². The molecule has 1 aliphatic heterocycles. The molecule has 1 aliphatic rings. The first kappa shape index (κ1) is 9.92. The third kappa shape index (κ3) is 3.18. The first-order valence-electron chi connectivity index (χ1n) is 4.27. The second-order valence-corrected chi connectivity index (χ2v) is 2.51. The number of hydrazine groups is 1. The van der Waals surface area contributed by atoms with E-state index in [9.17, 15) is 0 Å². The van der Waals surface area contributed by atoms with Crippen molar-refractivity contribution in [2.45, 2.75) is 39.7 Å². The number of nitrogens with one attached hydrogen (secondary N) is 1. The molecule has 0 aromatic heterocycles. The second kappa shape index (κ2) is 5.69. The first-order valence-corrected chi connectivity index (χ1v) is 4.27. The molecule has 0 amide bonds. The molecule has 1 saturated heterocycles. The van der Waals surface area contributed by atoms with Gasteiger partial charge in [0.25, 0.3) is 0 Å². The van der Waals surface area contributed by atoms with Crippen molar-refractivity contribution in [3.8, 4) is 0 Å². The van der Waals surface area contributed by atoms with Gasteiger partial charge < -0.3 is 0 Å². The topological polar surface area (TPSA) is 15.3 Å². The fourth-order valence-electron chi connectivity index (χ4n) is 1.00. The highest BCUT2D eigenvalue weighted by Gasteiger charge is 2.11. The molecule has 1 atom stereocenters. The monoisotopic (exact) mass is 144 g/mol. The Morgan fingerprint density at radius 1 is 1.40 bits per heavy atom. The standard InChI is InChI=1S/C6H14N2.C2H6/c1-6-4-3-5-7-8(6)2;1-2/h6-7H,3-5H2,1-2H3;1-2H3. The van der Waals surface area contributed by atoms with E-state index in [1.165, 1.54) is 12.8 Å². The summed E-state index contributed by atoms with van der Waals surface area (Å²) in [7, 11) is 2.10. The molecule has 10 heavy (non-hydrogen) atoms. The van der Waals surface area contributed by atoms with Crippen LogP contribution in [0.1, 0.15) is 33.6 Å². The van der Waals surface area contributed by atoms with Crippen LogP contribution in [0.3, 0.4) is 0 Å². The summed E-state index contributed by atoms with van der Waals surface area (Å²) in [4.78, 5) is 0. The quantitative estimate of drug-likeness (QED) is 0.556. The number of hydrogen-bond acceptors (Lipinski definition) is 2. The van der Waals surface area contributed by atoms with Crippen LogP contribution in [-0.4, -0.2) is 24.6 Å². The molecule has 62 valence electrons. The zero-order chi connectivity index (χ0) is 7.98. The summed E-state index contributed by atoms with van der Waals surface area (Å²) in [5, 5.41) is 2.18. The second-order valence-electron chi connectivity index (χ2n) is 2.51. The third-order valence-corrected chi connectivity index (χ3v) is 1.82. The molecule has 0 radical (unpaired) electrons. The summed E-state index contributed by atoms with van der Waals surface area (Å²) >= 11 is 0. The van der Waals surface area contributed by atoms with Gasteiger partial charge in [-0.05, 0) is 19.8 Å². The molecule has 0 spiro atoms. The fourth-order valence-corrected chi connectivity index (χ4v) is 1.00. The SMILES string of the molecule is CC.CC1CCCNN1C. The molecule has 2 heteroatoms. The molecule has 1 rings (SSSR count). The molecular weight excluding hydrogens is 124 g/mol. The van der Waals surface area contributed by atoms with Crippen LogP contribution in [0.5, 0.6) is 0 Å². The summed E-state index contributed by atoms with van der Waals surface area (Å²) in [6.07, 6.45) is 2.66. The van der Waals surface area contributed by atoms with Gasteiger partial charge in [-0.3, -0.25) is 5.43 Å². The van der Waals surface area contributed by atoms with Crippen molar-refractivity contribution in [1.29, 1.82) is 0 Å². The summed E-state index contributed by atoms with van der Waals surface area (Å²) in [6.45, 7) is 7.40. The number of nitrogens with zero attached hydrogens (tertiary/aromatic N) is 1. The average Bonchev–Trinajstić information content (AvgIpc) is 2.00. The van der Waals surface area contributed by atoms with Gasteiger partial charge in [0.05, 0.1) is 0 Å². The minimum atomic E-state index is 0.726. The van der Waals surface area contributed by atoms with Crippen LogP contribution in [0.2, 0.25) is 0 Å². The Morgan fingerprint density at radius 3 is 2.30 bits per heavy atom. The van der Waals surface area contributed by atoms with Crippen molar-refractivity contribution < 1.29 is 0 Å². The van der Waals surface area contributed by atoms with Gasteiger partial charge in [0.15, 0.2) is 0 Å². The number of rotatable bonds is 0. The molecule has 1 unspecified atom stereocenters. The molecule has 0 aliphatic carbocycles. The predicted molar refractivity (Wildman–Crippen MR) is 45.8 cm³/mol. The van der Waals surface area contributed by atoms with Gasteiger partial charge >= 0.3 is 0 Å². The highest BCUT2D eigenvalue weighted by Crippen LogP contribution is 2.05. The zero-order valence-corrected chi connectivity index (χ0v) is 7.65. The molecule has 0 aromatic rings. The van der Waals surface area contributed by atoms with Crippen molar-refractivity contribution >= 4 is 0 Å². The van der Waals surface area contributed by atoms with Gasteiger partial charge in [0.2, 0.25) is 0 Å². The summed E-state index contributed by atoms with van der Waals surface area (Å²) in [5.41, 5.74) is 3.27. The molecule has 0 bridgehead atoms. The Morgan fingerprint density at radius 2 is 2.00 bits per heavy atom. The highest BCUT2D eigenvalue weighted by molar-refractivity contribution is 4.65. The first-order chi connectivity index (χ1) is 4.80. The van der Waals surface area contributed by atoms with Gasteiger partial charge in [-0.1, -0.05) is 13.8 Å². The fraction of sp³-hybridized carbons (Fsp3) is 1.00. The van der Waals surface area contributed by atoms with E-state index >= 15 is 0 Å². The Kier molecular flexibility index (Phi) is 5.64. The maximum Gasteiger partial charge on any atom is 0.0212 e. The summed E-state index contributed by atoms with van der Waals surface area (Å²) in [5.74, 6) is 0. The molecule has 1 fully saturated rings. The summed E-state index contributed by atoms with van der Waals surface area (Å²) < 4.78 is 0. The molecule has 1 N–H and O–H groups in total. The smallest absolute Gasteiger partial charge is 0.0212 e. The Balaban J connectivity index is 0.000000371. The van der Waals surface area contributed by atoms with Gasteiger partial charge in [-0.2, -0.15) is 0 Å². The Labute approximate surface area is 64.6 Å². The molecule has 2 nitrogen and oxygen atoms in total. The van der Waals surface area contributed by atoms with Gasteiger partial charge in [0.1, 0.15) is 0 Å². The maximum absolute atomic E-state index is 3.27. The summed E-state index contributed by atoms with van der Waals surface area (Å²) in [6, 6.07) is 0.726. The predicted octanol–water partition coefficient (Wildman–Crippen LogP) is 1.63. The lowest BCUT2D eigenvalue weighted by molar-refractivity contribution is 0.130. The minimum Gasteiger partial charge on any atom is -0.255 e. The number of hydrogen-bond donors (Lipinski definition) is 1. The molecular formula is C8H20N2. The van der Waals surface area contributed by atoms with Crippen LogP contribution in [0, 0.1) is 0 Å². The lowest BCUT2D eigenvalue weighted by Crippen LogP contribution is -2.45. The van der Waals surface area contributed by atoms with Gasteiger partial charge in [0, 0.05) is 19.6 Å². The van der Waals surface area contributed by atoms with Crippen LogP contribution in [0.15, 0.2) is 0 Å². The normalized spacial score (nSPS) is 27.0. The van der Waals surface area contributed by atoms with Crippen molar-refractivity contribution in [2.75, 3.05) is 13.6 Å². The van der Waals surface area contributed by atoms with Gasteiger partial charge in [-0.25, -0.2) is 5.01 Å². The van der Waals surface area contributed by atoms with E-state index in [2.05, 4.69) is 24.4 Å². The van der Waals surface area contributed by atoms with E-state index < -0.39 is 0 Å². The van der Waals surface area contributed by atoms with Crippen LogP contribution in [-0.2, 0) is 0 Å². The average molecular weight is 144 g/mol. The Hall–Kier alpha value is -0.0800. The molecule has 0 aromatic carbocycles. The lowest BCUT2D eigenvalue weighted by Gasteiger charge is -2.30. The largest absolute Gasteiger partial charge is 0.255 e. The molecule has 1 heterocycles. The van der Waals surface area contributed by atoms with E-state index in [1.54, 1.807) is 0 Å². The van der Waals surface area contributed by atoms with Crippen LogP contribution >= 0.6 is 0 Å². The zero-order valence-electron chi connectivity index (χ0n) is 7.65. The van der Waals surface area contributed by atoms with Crippen LogP contribution in [0.4, 0.5) is 0 Å². The van der Waals surface area contributed by atoms with E-state index in [4.69, 9.17) is 0 Å². The van der Waals surface area contributed by atoms with E-state index in [-0.39, 0.29) is 0 Å². The maximum atomic E-state index is 3.27.